The Balaban J connectivity index is 2.11. The molecule has 0 saturated heterocycles. The predicted octanol–water partition coefficient (Wildman–Crippen LogP) is 2.73. The Morgan fingerprint density at radius 1 is 1.29 bits per heavy atom. The number of carboxylic acids is 1. The number of aryl methyl sites for hydroxylation is 1. The normalized spacial score (nSPS) is 11.3. The summed E-state index contributed by atoms with van der Waals surface area (Å²) in [7, 11) is 1.90. The first kappa shape index (κ1) is 13.1. The molecule has 0 bridgehead atoms. The highest BCUT2D eigenvalue weighted by Crippen LogP contribution is 2.27. The second kappa shape index (κ2) is 5.20. The largest absolute Gasteiger partial charge is 0.478 e. The molecule has 3 aromatic rings. The molecule has 0 spiro atoms. The van der Waals surface area contributed by atoms with Gasteiger partial charge in [-0.05, 0) is 35.4 Å². The van der Waals surface area contributed by atoms with Crippen LogP contribution in [0.15, 0.2) is 48.9 Å². The molecule has 0 aliphatic heterocycles. The summed E-state index contributed by atoms with van der Waals surface area (Å²) in [5.74, 6) is -0.972. The van der Waals surface area contributed by atoms with Gasteiger partial charge in [0.05, 0.1) is 11.7 Å². The Labute approximate surface area is 121 Å². The van der Waals surface area contributed by atoms with E-state index in [4.69, 9.17) is 5.11 Å². The van der Waals surface area contributed by atoms with Gasteiger partial charge >= 0.3 is 5.97 Å². The Morgan fingerprint density at radius 3 is 2.95 bits per heavy atom. The van der Waals surface area contributed by atoms with Crippen LogP contribution in [0.2, 0.25) is 0 Å². The van der Waals surface area contributed by atoms with Gasteiger partial charge in [-0.1, -0.05) is 6.07 Å². The molecule has 2 heterocycles. The molecule has 104 valence electrons. The van der Waals surface area contributed by atoms with Crippen molar-refractivity contribution >= 4 is 22.9 Å². The number of hydrogen-bond acceptors (Lipinski definition) is 3. The first-order chi connectivity index (χ1) is 10.1. The molecular weight excluding hydrogens is 266 g/mol. The van der Waals surface area contributed by atoms with E-state index in [0.29, 0.717) is 0 Å². The lowest BCUT2D eigenvalue weighted by Crippen LogP contribution is -1.90. The van der Waals surface area contributed by atoms with E-state index in [1.807, 2.05) is 36.1 Å². The lowest BCUT2D eigenvalue weighted by Gasteiger charge is -2.06. The lowest BCUT2D eigenvalue weighted by molar-refractivity contribution is -0.131. The Kier molecular flexibility index (Phi) is 3.23. The van der Waals surface area contributed by atoms with Gasteiger partial charge in [-0.15, -0.1) is 0 Å². The molecule has 2 aromatic heterocycles. The smallest absolute Gasteiger partial charge is 0.328 e. The number of rotatable bonds is 3. The average Bonchev–Trinajstić information content (AvgIpc) is 2.86. The van der Waals surface area contributed by atoms with Crippen LogP contribution in [0.3, 0.4) is 0 Å². The number of hydrogen-bond donors (Lipinski definition) is 1. The van der Waals surface area contributed by atoms with Crippen LogP contribution >= 0.6 is 0 Å². The van der Waals surface area contributed by atoms with Crippen LogP contribution in [-0.2, 0) is 11.8 Å². The monoisotopic (exact) mass is 279 g/mol. The molecule has 21 heavy (non-hydrogen) atoms. The van der Waals surface area contributed by atoms with E-state index in [9.17, 15) is 4.79 Å². The van der Waals surface area contributed by atoms with Gasteiger partial charge in [0.1, 0.15) is 0 Å². The summed E-state index contributed by atoms with van der Waals surface area (Å²) in [5, 5.41) is 14.0. The van der Waals surface area contributed by atoms with Gasteiger partial charge in [-0.25, -0.2) is 4.79 Å². The van der Waals surface area contributed by atoms with Crippen LogP contribution < -0.4 is 0 Å². The van der Waals surface area contributed by atoms with Crippen molar-refractivity contribution in [1.82, 2.24) is 14.8 Å². The molecule has 5 nitrogen and oxygen atoms in total. The van der Waals surface area contributed by atoms with E-state index in [1.165, 1.54) is 0 Å². The van der Waals surface area contributed by atoms with E-state index in [2.05, 4.69) is 10.1 Å². The molecule has 0 aliphatic carbocycles. The summed E-state index contributed by atoms with van der Waals surface area (Å²) in [4.78, 5) is 14.8. The average molecular weight is 279 g/mol. The number of benzene rings is 1. The van der Waals surface area contributed by atoms with Crippen molar-refractivity contribution in [2.45, 2.75) is 0 Å². The summed E-state index contributed by atoms with van der Waals surface area (Å²) in [5.41, 5.74) is 3.73. The van der Waals surface area contributed by atoms with E-state index in [-0.39, 0.29) is 0 Å². The molecule has 0 atom stereocenters. The number of aromatic nitrogens is 3. The van der Waals surface area contributed by atoms with Gasteiger partial charge in [0, 0.05) is 36.5 Å². The standard InChI is InChI=1S/C16H13N3O2/c1-19-15-4-2-12(8-13(15)9-18-19)14-10-17-7-6-11(14)3-5-16(20)21/h2-10H,1H3,(H,20,21)/b5-3+. The molecule has 0 saturated carbocycles. The van der Waals surface area contributed by atoms with Crippen LogP contribution in [0.4, 0.5) is 0 Å². The number of pyridine rings is 1. The summed E-state index contributed by atoms with van der Waals surface area (Å²) in [6.07, 6.45) is 7.89. The molecule has 3 rings (SSSR count). The fourth-order valence-corrected chi connectivity index (χ4v) is 2.28. The Hall–Kier alpha value is -2.95. The van der Waals surface area contributed by atoms with Gasteiger partial charge in [0.2, 0.25) is 0 Å². The maximum absolute atomic E-state index is 10.7. The third-order valence-electron chi connectivity index (χ3n) is 3.32. The Morgan fingerprint density at radius 2 is 2.14 bits per heavy atom. The second-order valence-corrected chi connectivity index (χ2v) is 4.68. The molecule has 0 unspecified atom stereocenters. The van der Waals surface area contributed by atoms with Crippen molar-refractivity contribution < 1.29 is 9.90 Å². The SMILES string of the molecule is Cn1ncc2cc(-c3cnccc3/C=C/C(=O)O)ccc21. The zero-order valence-corrected chi connectivity index (χ0v) is 11.4. The molecule has 1 N–H and O–H groups in total. The topological polar surface area (TPSA) is 68.0 Å². The van der Waals surface area contributed by atoms with E-state index in [0.717, 1.165) is 33.7 Å². The molecule has 5 heteroatoms. The molecule has 1 aromatic carbocycles. The highest BCUT2D eigenvalue weighted by molar-refractivity contribution is 5.89. The van der Waals surface area contributed by atoms with Gasteiger partial charge in [-0.2, -0.15) is 5.10 Å². The molecule has 0 radical (unpaired) electrons. The fraction of sp³-hybridized carbons (Fsp3) is 0.0625. The van der Waals surface area contributed by atoms with Crippen molar-refractivity contribution in [3.8, 4) is 11.1 Å². The van der Waals surface area contributed by atoms with Crippen LogP contribution in [0, 0.1) is 0 Å². The summed E-state index contributed by atoms with van der Waals surface area (Å²) in [6.45, 7) is 0. The highest BCUT2D eigenvalue weighted by Gasteiger charge is 2.06. The van der Waals surface area contributed by atoms with Gasteiger partial charge in [-0.3, -0.25) is 9.67 Å². The van der Waals surface area contributed by atoms with Crippen molar-refractivity contribution in [1.29, 1.82) is 0 Å². The van der Waals surface area contributed by atoms with Crippen molar-refractivity contribution in [2.24, 2.45) is 7.05 Å². The summed E-state index contributed by atoms with van der Waals surface area (Å²) < 4.78 is 1.81. The van der Waals surface area contributed by atoms with E-state index < -0.39 is 5.97 Å². The number of aliphatic carboxylic acids is 1. The minimum Gasteiger partial charge on any atom is -0.478 e. The lowest BCUT2D eigenvalue weighted by atomic mass is 10.0. The third kappa shape index (κ3) is 2.53. The maximum atomic E-state index is 10.7. The number of carbonyl (C=O) groups is 1. The fourth-order valence-electron chi connectivity index (χ4n) is 2.28. The van der Waals surface area contributed by atoms with Gasteiger partial charge in [0.25, 0.3) is 0 Å². The third-order valence-corrected chi connectivity index (χ3v) is 3.32. The predicted molar refractivity (Wildman–Crippen MR) is 80.6 cm³/mol. The summed E-state index contributed by atoms with van der Waals surface area (Å²) >= 11 is 0. The van der Waals surface area contributed by atoms with Crippen LogP contribution in [0.5, 0.6) is 0 Å². The van der Waals surface area contributed by atoms with E-state index in [1.54, 1.807) is 24.5 Å². The van der Waals surface area contributed by atoms with Crippen molar-refractivity contribution in [2.75, 3.05) is 0 Å². The van der Waals surface area contributed by atoms with Crippen LogP contribution in [0.25, 0.3) is 28.1 Å². The molecule has 0 aliphatic rings. The van der Waals surface area contributed by atoms with Crippen LogP contribution in [-0.4, -0.2) is 25.8 Å². The quantitative estimate of drug-likeness (QED) is 0.748. The first-order valence-corrected chi connectivity index (χ1v) is 6.42. The number of nitrogens with zero attached hydrogens (tertiary/aromatic N) is 3. The summed E-state index contributed by atoms with van der Waals surface area (Å²) in [6, 6.07) is 7.80. The second-order valence-electron chi connectivity index (χ2n) is 4.68. The zero-order valence-electron chi connectivity index (χ0n) is 11.4. The minimum atomic E-state index is -0.972. The minimum absolute atomic E-state index is 0.815. The molecule has 0 fully saturated rings. The van der Waals surface area contributed by atoms with Gasteiger partial charge in [0.15, 0.2) is 0 Å². The van der Waals surface area contributed by atoms with Crippen molar-refractivity contribution in [3.05, 3.63) is 54.5 Å². The van der Waals surface area contributed by atoms with Crippen LogP contribution in [0.1, 0.15) is 5.56 Å². The highest BCUT2D eigenvalue weighted by atomic mass is 16.4. The van der Waals surface area contributed by atoms with Gasteiger partial charge < -0.3 is 5.11 Å². The number of carboxylic acid groups (broad SMARTS) is 1. The van der Waals surface area contributed by atoms with E-state index >= 15 is 0 Å². The number of fused-ring (bicyclic) bond motifs is 1. The first-order valence-electron chi connectivity index (χ1n) is 6.42. The molecule has 0 amide bonds. The zero-order chi connectivity index (χ0) is 14.8. The van der Waals surface area contributed by atoms with Crippen molar-refractivity contribution in [3.63, 3.8) is 0 Å². The Bertz CT molecular complexity index is 850. The molecular formula is C16H13N3O2. The maximum Gasteiger partial charge on any atom is 0.328 e.